The van der Waals surface area contributed by atoms with Crippen molar-refractivity contribution in [3.8, 4) is 6.07 Å². The fourth-order valence-electron chi connectivity index (χ4n) is 3.28. The van der Waals surface area contributed by atoms with Gasteiger partial charge in [0.05, 0.1) is 45.0 Å². The van der Waals surface area contributed by atoms with Crippen LogP contribution in [-0.2, 0) is 33.9 Å². The highest BCUT2D eigenvalue weighted by atomic mass is 31.2. The molecule has 0 bridgehead atoms. The van der Waals surface area contributed by atoms with Gasteiger partial charge in [0.25, 0.3) is 14.1 Å². The Hall–Kier alpha value is -1.41. The summed E-state index contributed by atoms with van der Waals surface area (Å²) in [5, 5.41) is 8.91. The van der Waals surface area contributed by atoms with Crippen molar-refractivity contribution in [2.24, 2.45) is 0 Å². The molecule has 0 aliphatic rings. The van der Waals surface area contributed by atoms with Crippen LogP contribution < -0.4 is 11.2 Å². The van der Waals surface area contributed by atoms with E-state index in [4.69, 9.17) is 28.1 Å². The number of rotatable bonds is 19. The largest absolute Gasteiger partial charge is 0.363 e. The van der Waals surface area contributed by atoms with Crippen molar-refractivity contribution in [2.75, 3.05) is 32.8 Å². The van der Waals surface area contributed by atoms with E-state index in [1.165, 1.54) is 16.8 Å². The van der Waals surface area contributed by atoms with Crippen molar-refractivity contribution in [3.05, 3.63) is 33.1 Å². The Labute approximate surface area is 214 Å². The first-order valence-corrected chi connectivity index (χ1v) is 14.9. The van der Waals surface area contributed by atoms with E-state index in [0.717, 1.165) is 0 Å². The number of aromatic nitrogens is 2. The molecule has 0 saturated heterocycles. The number of hydrogen-bond acceptors (Lipinski definition) is 10. The number of ether oxygens (including phenoxy) is 1. The highest BCUT2D eigenvalue weighted by Crippen LogP contribution is 2.49. The van der Waals surface area contributed by atoms with E-state index in [1.54, 1.807) is 13.8 Å². The van der Waals surface area contributed by atoms with Gasteiger partial charge in [-0.3, -0.25) is 14.3 Å². The Morgan fingerprint density at radius 1 is 1.14 bits per heavy atom. The highest BCUT2D eigenvalue weighted by Gasteiger charge is 2.30. The zero-order chi connectivity index (χ0) is 27.1. The first kappa shape index (κ1) is 32.6. The average molecular weight is 551 g/mol. The number of nitriles is 1. The Morgan fingerprint density at radius 3 is 2.31 bits per heavy atom. The first-order valence-electron chi connectivity index (χ1n) is 12.1. The summed E-state index contributed by atoms with van der Waals surface area (Å²) in [5.74, 6) is 0. The summed E-state index contributed by atoms with van der Waals surface area (Å²) in [4.78, 5) is 25.7. The topological polar surface area (TPSA) is 145 Å². The summed E-state index contributed by atoms with van der Waals surface area (Å²) in [5.41, 5.74) is -1.02. The van der Waals surface area contributed by atoms with Crippen molar-refractivity contribution in [3.63, 3.8) is 0 Å². The third kappa shape index (κ3) is 11.8. The van der Waals surface area contributed by atoms with Crippen LogP contribution in [0.25, 0.3) is 0 Å². The van der Waals surface area contributed by atoms with Gasteiger partial charge < -0.3 is 27.4 Å². The van der Waals surface area contributed by atoms with Crippen molar-refractivity contribution in [2.45, 2.75) is 79.1 Å². The molecule has 0 aromatic carbocycles. The maximum atomic E-state index is 12.9. The predicted molar refractivity (Wildman–Crippen MR) is 138 cm³/mol. The SMILES string of the molecule is CCOP(=O)(CO[C@@H](CCn1ccc(=O)[nH]c1=O)COP(OCCC#N)N(C(C)C)C(C)C)OCC. The summed E-state index contributed by atoms with van der Waals surface area (Å²) in [7, 11) is -4.99. The molecule has 0 aliphatic heterocycles. The Morgan fingerprint density at radius 2 is 1.78 bits per heavy atom. The van der Waals surface area contributed by atoms with E-state index in [0.29, 0.717) is 6.42 Å². The second kappa shape index (κ2) is 17.2. The van der Waals surface area contributed by atoms with Gasteiger partial charge >= 0.3 is 13.3 Å². The number of H-pyrrole nitrogens is 1. The Bertz CT molecular complexity index is 944. The first-order chi connectivity index (χ1) is 17.1. The van der Waals surface area contributed by atoms with Crippen molar-refractivity contribution in [1.29, 1.82) is 5.26 Å². The summed E-state index contributed by atoms with van der Waals surface area (Å²) in [6, 6.07) is 3.56. The van der Waals surface area contributed by atoms with E-state index in [1.807, 2.05) is 27.7 Å². The van der Waals surface area contributed by atoms with Gasteiger partial charge in [-0.1, -0.05) is 0 Å². The number of aryl methyl sites for hydroxylation is 1. The molecule has 0 saturated carbocycles. The van der Waals surface area contributed by atoms with Crippen LogP contribution in [0, 0.1) is 11.3 Å². The van der Waals surface area contributed by atoms with Crippen LogP contribution >= 0.6 is 16.1 Å². The molecule has 206 valence electrons. The molecule has 1 aromatic heterocycles. The lowest BCUT2D eigenvalue weighted by molar-refractivity contribution is 0.0196. The van der Waals surface area contributed by atoms with Crippen molar-refractivity contribution < 1.29 is 27.4 Å². The zero-order valence-electron chi connectivity index (χ0n) is 22.0. The molecule has 0 aliphatic carbocycles. The van der Waals surface area contributed by atoms with Crippen LogP contribution in [0.3, 0.4) is 0 Å². The van der Waals surface area contributed by atoms with E-state index < -0.39 is 33.5 Å². The number of nitrogens with zero attached hydrogens (tertiary/aromatic N) is 3. The molecular formula is C22H40N4O8P2. The van der Waals surface area contributed by atoms with Gasteiger partial charge in [0.2, 0.25) is 0 Å². The second-order valence-corrected chi connectivity index (χ2v) is 11.7. The van der Waals surface area contributed by atoms with Gasteiger partial charge in [0.15, 0.2) is 0 Å². The lowest BCUT2D eigenvalue weighted by Crippen LogP contribution is -2.35. The van der Waals surface area contributed by atoms with Crippen LogP contribution in [0.1, 0.15) is 54.4 Å². The number of aromatic amines is 1. The second-order valence-electron chi connectivity index (χ2n) is 8.30. The summed E-state index contributed by atoms with van der Waals surface area (Å²) in [6.45, 7) is 12.5. The summed E-state index contributed by atoms with van der Waals surface area (Å²) >= 11 is 0. The van der Waals surface area contributed by atoms with Gasteiger partial charge in [-0.05, 0) is 48.0 Å². The molecule has 1 heterocycles. The van der Waals surface area contributed by atoms with Gasteiger partial charge in [-0.15, -0.1) is 0 Å². The molecule has 12 nitrogen and oxygen atoms in total. The molecule has 1 rings (SSSR count). The lowest BCUT2D eigenvalue weighted by atomic mass is 10.2. The molecule has 0 amide bonds. The minimum absolute atomic E-state index is 0.0740. The monoisotopic (exact) mass is 550 g/mol. The van der Waals surface area contributed by atoms with E-state index in [9.17, 15) is 14.2 Å². The van der Waals surface area contributed by atoms with Crippen LogP contribution in [0.5, 0.6) is 0 Å². The molecule has 0 radical (unpaired) electrons. The molecule has 1 aromatic rings. The standard InChI is InChI=1S/C22H40N4O8P2/c1-7-33-36(29,34-8-2)17-30-20(10-13-25-14-11-21(27)24-22(25)28)16-32-35(31-15-9-12-23)26(18(3)4)19(5)6/h11,14,18-20H,7-10,13,15-17H2,1-6H3,(H,24,27,28)/t20-,35?/m0/s1. The van der Waals surface area contributed by atoms with Crippen LogP contribution in [0.2, 0.25) is 0 Å². The molecule has 0 fully saturated rings. The normalized spacial score (nSPS) is 13.9. The third-order valence-electron chi connectivity index (χ3n) is 4.74. The van der Waals surface area contributed by atoms with Gasteiger partial charge in [-0.2, -0.15) is 5.26 Å². The molecule has 1 unspecified atom stereocenters. The molecule has 0 spiro atoms. The Balaban J connectivity index is 3.05. The van der Waals surface area contributed by atoms with Crippen LogP contribution in [0.4, 0.5) is 0 Å². The van der Waals surface area contributed by atoms with Gasteiger partial charge in [0.1, 0.15) is 6.35 Å². The molecule has 2 atom stereocenters. The van der Waals surface area contributed by atoms with E-state index in [2.05, 4.69) is 15.7 Å². The van der Waals surface area contributed by atoms with Gasteiger partial charge in [0, 0.05) is 30.9 Å². The van der Waals surface area contributed by atoms with E-state index >= 15 is 0 Å². The predicted octanol–water partition coefficient (Wildman–Crippen LogP) is 3.83. The fraction of sp³-hybridized carbons (Fsp3) is 0.773. The highest BCUT2D eigenvalue weighted by molar-refractivity contribution is 7.53. The molecule has 36 heavy (non-hydrogen) atoms. The smallest absolute Gasteiger partial charge is 0.356 e. The van der Waals surface area contributed by atoms with Crippen LogP contribution in [-0.4, -0.2) is 65.2 Å². The zero-order valence-corrected chi connectivity index (χ0v) is 23.8. The quantitative estimate of drug-likeness (QED) is 0.199. The third-order valence-corrected chi connectivity index (χ3v) is 8.58. The maximum Gasteiger partial charge on any atom is 0.356 e. The number of nitrogens with one attached hydrogen (secondary N) is 1. The minimum Gasteiger partial charge on any atom is -0.363 e. The molecular weight excluding hydrogens is 510 g/mol. The maximum absolute atomic E-state index is 12.9. The molecule has 1 N–H and O–H groups in total. The van der Waals surface area contributed by atoms with E-state index in [-0.39, 0.29) is 57.8 Å². The summed E-state index contributed by atoms with van der Waals surface area (Å²) < 4.78 is 45.0. The van der Waals surface area contributed by atoms with Crippen molar-refractivity contribution in [1.82, 2.24) is 14.2 Å². The Kier molecular flexibility index (Phi) is 15.6. The summed E-state index contributed by atoms with van der Waals surface area (Å²) in [6.07, 6.45) is 1.07. The van der Waals surface area contributed by atoms with Gasteiger partial charge in [-0.25, -0.2) is 9.46 Å². The number of hydrogen-bond donors (Lipinski definition) is 1. The fourth-order valence-corrected chi connectivity index (χ4v) is 6.32. The minimum atomic E-state index is -3.47. The average Bonchev–Trinajstić information content (AvgIpc) is 2.79. The van der Waals surface area contributed by atoms with Crippen molar-refractivity contribution >= 4 is 16.1 Å². The van der Waals surface area contributed by atoms with Crippen LogP contribution in [0.15, 0.2) is 21.9 Å². The lowest BCUT2D eigenvalue weighted by Gasteiger charge is -2.36. The molecule has 14 heteroatoms.